The molecule has 21 heavy (non-hydrogen) atoms. The van der Waals surface area contributed by atoms with Gasteiger partial charge in [0.25, 0.3) is 0 Å². The summed E-state index contributed by atoms with van der Waals surface area (Å²) >= 11 is 0. The molecule has 1 aromatic carbocycles. The number of hydrogen-bond acceptors (Lipinski definition) is 5. The molecule has 0 saturated carbocycles. The monoisotopic (exact) mass is 296 g/mol. The molecule has 0 aliphatic heterocycles. The Hall–Kier alpha value is -1.75. The molecule has 0 aromatic heterocycles. The van der Waals surface area contributed by atoms with Crippen LogP contribution in [0.4, 0.5) is 0 Å². The Bertz CT molecular complexity index is 505. The molecular formula is C16H24O5. The van der Waals surface area contributed by atoms with Crippen LogP contribution in [0.15, 0.2) is 18.2 Å². The minimum atomic E-state index is -1.49. The molecule has 1 N–H and O–H groups in total. The number of hydrogen-bond donors (Lipinski definition) is 1. The normalized spacial score (nSPS) is 14.2. The summed E-state index contributed by atoms with van der Waals surface area (Å²) in [5, 5.41) is 11.0. The van der Waals surface area contributed by atoms with Crippen LogP contribution >= 0.6 is 0 Å². The minimum absolute atomic E-state index is 0.258. The van der Waals surface area contributed by atoms with Crippen LogP contribution in [-0.2, 0) is 15.1 Å². The quantitative estimate of drug-likeness (QED) is 0.817. The van der Waals surface area contributed by atoms with E-state index in [0.29, 0.717) is 17.1 Å². The smallest absolute Gasteiger partial charge is 0.314 e. The molecular weight excluding hydrogens is 272 g/mol. The Balaban J connectivity index is 3.37. The highest BCUT2D eigenvalue weighted by Crippen LogP contribution is 2.45. The molecule has 0 aliphatic carbocycles. The molecule has 1 unspecified atom stereocenters. The van der Waals surface area contributed by atoms with Crippen molar-refractivity contribution in [2.24, 2.45) is 5.41 Å². The number of ether oxygens (including phenoxy) is 3. The van der Waals surface area contributed by atoms with Gasteiger partial charge in [-0.05, 0) is 45.9 Å². The zero-order valence-electron chi connectivity index (χ0n) is 13.5. The van der Waals surface area contributed by atoms with E-state index in [1.807, 2.05) is 0 Å². The largest absolute Gasteiger partial charge is 0.497 e. The molecule has 0 bridgehead atoms. The summed E-state index contributed by atoms with van der Waals surface area (Å²) in [5.74, 6) is 0.587. The van der Waals surface area contributed by atoms with Gasteiger partial charge in [0.2, 0.25) is 0 Å². The fourth-order valence-electron chi connectivity index (χ4n) is 2.04. The summed E-state index contributed by atoms with van der Waals surface area (Å²) < 4.78 is 15.6. The van der Waals surface area contributed by atoms with Crippen LogP contribution in [0.3, 0.4) is 0 Å². The van der Waals surface area contributed by atoms with Gasteiger partial charge >= 0.3 is 5.97 Å². The second-order valence-electron chi connectivity index (χ2n) is 5.48. The molecule has 1 atom stereocenters. The highest BCUT2D eigenvalue weighted by atomic mass is 16.5. The molecule has 1 rings (SSSR count). The first-order chi connectivity index (χ1) is 9.72. The van der Waals surface area contributed by atoms with Gasteiger partial charge in [-0.3, -0.25) is 4.79 Å². The summed E-state index contributed by atoms with van der Waals surface area (Å²) in [6.45, 7) is 6.84. The zero-order valence-corrected chi connectivity index (χ0v) is 13.5. The number of benzene rings is 1. The van der Waals surface area contributed by atoms with Crippen LogP contribution in [0.1, 0.15) is 33.3 Å². The Labute approximate surface area is 125 Å². The lowest BCUT2D eigenvalue weighted by atomic mass is 9.71. The van der Waals surface area contributed by atoms with Gasteiger partial charge in [-0.15, -0.1) is 0 Å². The Kier molecular flexibility index (Phi) is 5.23. The number of rotatable bonds is 6. The van der Waals surface area contributed by atoms with Gasteiger partial charge in [0.05, 0.1) is 26.2 Å². The summed E-state index contributed by atoms with van der Waals surface area (Å²) in [5.41, 5.74) is -2.16. The van der Waals surface area contributed by atoms with Gasteiger partial charge < -0.3 is 19.3 Å². The van der Waals surface area contributed by atoms with E-state index >= 15 is 0 Å². The first kappa shape index (κ1) is 17.3. The molecule has 5 heteroatoms. The number of carbonyl (C=O) groups is 1. The molecule has 1 aromatic rings. The fraction of sp³-hybridized carbons (Fsp3) is 0.562. The van der Waals surface area contributed by atoms with Crippen molar-refractivity contribution in [2.45, 2.75) is 33.3 Å². The maximum absolute atomic E-state index is 12.2. The lowest BCUT2D eigenvalue weighted by Crippen LogP contribution is -2.46. The molecule has 0 aliphatic rings. The van der Waals surface area contributed by atoms with Crippen molar-refractivity contribution in [1.82, 2.24) is 0 Å². The minimum Gasteiger partial charge on any atom is -0.497 e. The van der Waals surface area contributed by atoms with Crippen molar-refractivity contribution in [3.8, 4) is 11.5 Å². The van der Waals surface area contributed by atoms with Crippen molar-refractivity contribution in [3.63, 3.8) is 0 Å². The van der Waals surface area contributed by atoms with E-state index in [2.05, 4.69) is 0 Å². The maximum atomic E-state index is 12.2. The van der Waals surface area contributed by atoms with E-state index in [4.69, 9.17) is 14.2 Å². The van der Waals surface area contributed by atoms with Gasteiger partial charge in [-0.1, -0.05) is 0 Å². The summed E-state index contributed by atoms with van der Waals surface area (Å²) in [6, 6.07) is 5.10. The first-order valence-electron chi connectivity index (χ1n) is 6.84. The number of carbonyl (C=O) groups excluding carboxylic acids is 1. The zero-order chi connectivity index (χ0) is 16.3. The predicted octanol–water partition coefficient (Wildman–Crippen LogP) is 2.50. The van der Waals surface area contributed by atoms with Gasteiger partial charge in [-0.25, -0.2) is 0 Å². The van der Waals surface area contributed by atoms with Crippen LogP contribution in [0, 0.1) is 5.41 Å². The third kappa shape index (κ3) is 3.13. The average molecular weight is 296 g/mol. The van der Waals surface area contributed by atoms with E-state index in [1.165, 1.54) is 14.2 Å². The lowest BCUT2D eigenvalue weighted by molar-refractivity contribution is -0.170. The molecule has 0 radical (unpaired) electrons. The van der Waals surface area contributed by atoms with E-state index in [9.17, 15) is 9.90 Å². The fourth-order valence-corrected chi connectivity index (χ4v) is 2.04. The van der Waals surface area contributed by atoms with Crippen LogP contribution in [0.5, 0.6) is 11.5 Å². The Morgan fingerprint density at radius 3 is 2.29 bits per heavy atom. The van der Waals surface area contributed by atoms with Gasteiger partial charge in [-0.2, -0.15) is 0 Å². The number of esters is 1. The third-order valence-electron chi connectivity index (χ3n) is 3.93. The number of aliphatic hydroxyl groups is 1. The van der Waals surface area contributed by atoms with Gasteiger partial charge in [0.15, 0.2) is 0 Å². The molecule has 0 saturated heterocycles. The van der Waals surface area contributed by atoms with E-state index in [0.717, 1.165) is 0 Å². The van der Waals surface area contributed by atoms with E-state index < -0.39 is 17.0 Å². The highest BCUT2D eigenvalue weighted by molar-refractivity contribution is 5.78. The van der Waals surface area contributed by atoms with E-state index in [1.54, 1.807) is 45.9 Å². The number of methoxy groups -OCH3 is 2. The summed E-state index contributed by atoms with van der Waals surface area (Å²) in [7, 11) is 3.05. The summed E-state index contributed by atoms with van der Waals surface area (Å²) in [4.78, 5) is 12.2. The van der Waals surface area contributed by atoms with Crippen LogP contribution in [0.2, 0.25) is 0 Å². The van der Waals surface area contributed by atoms with Gasteiger partial charge in [0, 0.05) is 5.56 Å². The second kappa shape index (κ2) is 6.35. The molecule has 0 spiro atoms. The van der Waals surface area contributed by atoms with Crippen molar-refractivity contribution >= 4 is 5.97 Å². The van der Waals surface area contributed by atoms with Crippen molar-refractivity contribution in [3.05, 3.63) is 23.8 Å². The predicted molar refractivity (Wildman–Crippen MR) is 79.5 cm³/mol. The first-order valence-corrected chi connectivity index (χ1v) is 6.84. The Morgan fingerprint density at radius 2 is 1.81 bits per heavy atom. The summed E-state index contributed by atoms with van der Waals surface area (Å²) in [6.07, 6.45) is 0. The van der Waals surface area contributed by atoms with Crippen molar-refractivity contribution in [1.29, 1.82) is 0 Å². The highest BCUT2D eigenvalue weighted by Gasteiger charge is 2.49. The average Bonchev–Trinajstić information content (AvgIpc) is 2.46. The third-order valence-corrected chi connectivity index (χ3v) is 3.93. The van der Waals surface area contributed by atoms with Crippen LogP contribution in [0.25, 0.3) is 0 Å². The van der Waals surface area contributed by atoms with Crippen molar-refractivity contribution < 1.29 is 24.1 Å². The van der Waals surface area contributed by atoms with Crippen molar-refractivity contribution in [2.75, 3.05) is 20.8 Å². The van der Waals surface area contributed by atoms with E-state index in [-0.39, 0.29) is 6.61 Å². The molecule has 0 fully saturated rings. The topological polar surface area (TPSA) is 65.0 Å². The van der Waals surface area contributed by atoms with Gasteiger partial charge in [0.1, 0.15) is 17.1 Å². The lowest BCUT2D eigenvalue weighted by Gasteiger charge is -2.38. The Morgan fingerprint density at radius 1 is 1.19 bits per heavy atom. The van der Waals surface area contributed by atoms with Crippen LogP contribution in [-0.4, -0.2) is 31.9 Å². The second-order valence-corrected chi connectivity index (χ2v) is 5.48. The molecule has 0 amide bonds. The SMILES string of the molecule is CCOC(=O)C(C)(C)C(C)(O)c1cc(OC)ccc1OC. The maximum Gasteiger partial charge on any atom is 0.314 e. The van der Waals surface area contributed by atoms with Crippen LogP contribution < -0.4 is 9.47 Å². The standard InChI is InChI=1S/C16H24O5/c1-7-21-14(17)15(2,3)16(4,18)12-10-11(19-5)8-9-13(12)20-6/h8-10,18H,7H2,1-6H3. The molecule has 118 valence electrons. The molecule has 5 nitrogen and oxygen atoms in total. The molecule has 0 heterocycles.